The number of carbonyl (C=O) groups excluding carboxylic acids is 1. The molecule has 1 aliphatic heterocycles. The first-order valence-electron chi connectivity index (χ1n) is 6.19. The molecule has 1 heterocycles. The van der Waals surface area contributed by atoms with Crippen LogP contribution in [0.2, 0.25) is 0 Å². The lowest BCUT2D eigenvalue weighted by molar-refractivity contribution is -0.142. The zero-order valence-corrected chi connectivity index (χ0v) is 10.6. The number of methoxy groups -OCH3 is 1. The van der Waals surface area contributed by atoms with Gasteiger partial charge in [-0.25, -0.2) is 0 Å². The summed E-state index contributed by atoms with van der Waals surface area (Å²) in [6.07, 6.45) is 3.89. The highest BCUT2D eigenvalue weighted by molar-refractivity contribution is 5.84. The second-order valence-corrected chi connectivity index (χ2v) is 4.64. The first kappa shape index (κ1) is 13.5. The predicted molar refractivity (Wildman–Crippen MR) is 64.4 cm³/mol. The van der Waals surface area contributed by atoms with Gasteiger partial charge in [-0.2, -0.15) is 0 Å². The van der Waals surface area contributed by atoms with Gasteiger partial charge < -0.3 is 15.4 Å². The lowest BCUT2D eigenvalue weighted by atomic mass is 10.0. The predicted octanol–water partition coefficient (Wildman–Crippen LogP) is 1.06. The molecule has 2 atom stereocenters. The van der Waals surface area contributed by atoms with E-state index in [1.54, 1.807) is 7.11 Å². The van der Waals surface area contributed by atoms with Crippen molar-refractivity contribution in [2.24, 2.45) is 0 Å². The lowest BCUT2D eigenvalue weighted by Gasteiger charge is -2.28. The molecular weight excluding hydrogens is 204 g/mol. The van der Waals surface area contributed by atoms with Crippen LogP contribution in [0.5, 0.6) is 0 Å². The fourth-order valence-electron chi connectivity index (χ4n) is 1.90. The summed E-state index contributed by atoms with van der Waals surface area (Å²) in [5.41, 5.74) is -0.681. The fourth-order valence-corrected chi connectivity index (χ4v) is 1.90. The normalized spacial score (nSPS) is 25.6. The van der Waals surface area contributed by atoms with Gasteiger partial charge in [-0.3, -0.25) is 4.79 Å². The van der Waals surface area contributed by atoms with Crippen molar-refractivity contribution >= 4 is 5.91 Å². The first-order chi connectivity index (χ1) is 7.62. The Labute approximate surface area is 98.1 Å². The summed E-state index contributed by atoms with van der Waals surface area (Å²) in [4.78, 5) is 12.1. The Morgan fingerprint density at radius 2 is 2.25 bits per heavy atom. The second-order valence-electron chi connectivity index (χ2n) is 4.64. The maximum atomic E-state index is 12.1. The number of hydrogen-bond acceptors (Lipinski definition) is 3. The minimum Gasteiger partial charge on any atom is -0.369 e. The van der Waals surface area contributed by atoms with Crippen molar-refractivity contribution in [1.29, 1.82) is 0 Å². The molecule has 0 aromatic carbocycles. The maximum Gasteiger partial charge on any atom is 0.252 e. The number of amides is 1. The van der Waals surface area contributed by atoms with Crippen molar-refractivity contribution in [3.8, 4) is 0 Å². The minimum atomic E-state index is -0.681. The van der Waals surface area contributed by atoms with E-state index in [4.69, 9.17) is 4.74 Å². The number of rotatable bonds is 4. The van der Waals surface area contributed by atoms with E-state index in [0.717, 1.165) is 32.4 Å². The monoisotopic (exact) mass is 228 g/mol. The molecule has 0 aromatic rings. The van der Waals surface area contributed by atoms with Crippen LogP contribution >= 0.6 is 0 Å². The molecule has 94 valence electrons. The highest BCUT2D eigenvalue weighted by atomic mass is 16.5. The molecule has 16 heavy (non-hydrogen) atoms. The van der Waals surface area contributed by atoms with Gasteiger partial charge in [-0.1, -0.05) is 6.92 Å². The van der Waals surface area contributed by atoms with Crippen molar-refractivity contribution in [3.63, 3.8) is 0 Å². The van der Waals surface area contributed by atoms with Gasteiger partial charge in [0, 0.05) is 13.2 Å². The Kier molecular flexibility index (Phi) is 5.22. The summed E-state index contributed by atoms with van der Waals surface area (Å²) in [6, 6.07) is 0.295. The summed E-state index contributed by atoms with van der Waals surface area (Å²) in [6.45, 7) is 5.86. The molecule has 0 aromatic heterocycles. The van der Waals surface area contributed by atoms with Gasteiger partial charge in [0.05, 0.1) is 0 Å². The van der Waals surface area contributed by atoms with Crippen molar-refractivity contribution in [2.45, 2.75) is 51.2 Å². The summed E-state index contributed by atoms with van der Waals surface area (Å²) in [5.74, 6) is 0.0180. The van der Waals surface area contributed by atoms with Gasteiger partial charge in [-0.15, -0.1) is 0 Å². The zero-order chi connectivity index (χ0) is 12.0. The van der Waals surface area contributed by atoms with E-state index in [-0.39, 0.29) is 5.91 Å². The molecule has 1 saturated heterocycles. The lowest BCUT2D eigenvalue weighted by Crippen LogP contribution is -2.49. The molecule has 1 aliphatic rings. The van der Waals surface area contributed by atoms with Crippen LogP contribution in [0.4, 0.5) is 0 Å². The minimum absolute atomic E-state index is 0.0180. The standard InChI is InChI=1S/C12H24N2O2/c1-4-12(2,16-3)11(15)14-10-6-5-8-13-9-7-10/h10,13H,4-9H2,1-3H3,(H,14,15). The number of ether oxygens (including phenoxy) is 1. The Morgan fingerprint density at radius 3 is 2.88 bits per heavy atom. The van der Waals surface area contributed by atoms with Crippen molar-refractivity contribution in [3.05, 3.63) is 0 Å². The van der Waals surface area contributed by atoms with Crippen LogP contribution in [0.25, 0.3) is 0 Å². The molecule has 1 amide bonds. The van der Waals surface area contributed by atoms with E-state index >= 15 is 0 Å². The average Bonchev–Trinajstić information content (AvgIpc) is 2.56. The summed E-state index contributed by atoms with van der Waals surface area (Å²) in [7, 11) is 1.59. The third-order valence-electron chi connectivity index (χ3n) is 3.52. The van der Waals surface area contributed by atoms with Gasteiger partial charge in [0.15, 0.2) is 0 Å². The van der Waals surface area contributed by atoms with Crippen LogP contribution in [-0.2, 0) is 9.53 Å². The summed E-state index contributed by atoms with van der Waals surface area (Å²) in [5, 5.41) is 6.43. The largest absolute Gasteiger partial charge is 0.369 e. The van der Waals surface area contributed by atoms with E-state index in [0.29, 0.717) is 12.5 Å². The molecule has 0 radical (unpaired) electrons. The van der Waals surface area contributed by atoms with E-state index in [1.807, 2.05) is 13.8 Å². The van der Waals surface area contributed by atoms with Gasteiger partial charge in [-0.05, 0) is 45.7 Å². The highest BCUT2D eigenvalue weighted by Crippen LogP contribution is 2.15. The van der Waals surface area contributed by atoms with Crippen molar-refractivity contribution in [2.75, 3.05) is 20.2 Å². The highest BCUT2D eigenvalue weighted by Gasteiger charge is 2.32. The van der Waals surface area contributed by atoms with Gasteiger partial charge in [0.1, 0.15) is 5.60 Å². The Bertz CT molecular complexity index is 219. The molecule has 1 fully saturated rings. The van der Waals surface area contributed by atoms with E-state index in [1.165, 1.54) is 0 Å². The Balaban J connectivity index is 2.48. The van der Waals surface area contributed by atoms with Crippen molar-refractivity contribution in [1.82, 2.24) is 10.6 Å². The van der Waals surface area contributed by atoms with Crippen LogP contribution in [-0.4, -0.2) is 37.7 Å². The van der Waals surface area contributed by atoms with Crippen LogP contribution in [0.1, 0.15) is 39.5 Å². The molecule has 2 N–H and O–H groups in total. The maximum absolute atomic E-state index is 12.1. The molecule has 0 bridgehead atoms. The van der Waals surface area contributed by atoms with Crippen LogP contribution in [0, 0.1) is 0 Å². The molecule has 4 nitrogen and oxygen atoms in total. The third-order valence-corrected chi connectivity index (χ3v) is 3.52. The SMILES string of the molecule is CCC(C)(OC)C(=O)NC1CCCNCC1. The number of nitrogens with one attached hydrogen (secondary N) is 2. The summed E-state index contributed by atoms with van der Waals surface area (Å²) < 4.78 is 5.29. The number of carbonyl (C=O) groups is 1. The summed E-state index contributed by atoms with van der Waals surface area (Å²) >= 11 is 0. The third kappa shape index (κ3) is 3.46. The quantitative estimate of drug-likeness (QED) is 0.756. The molecule has 0 saturated carbocycles. The van der Waals surface area contributed by atoms with Crippen LogP contribution in [0.3, 0.4) is 0 Å². The van der Waals surface area contributed by atoms with E-state index in [9.17, 15) is 4.79 Å². The average molecular weight is 228 g/mol. The van der Waals surface area contributed by atoms with E-state index in [2.05, 4.69) is 10.6 Å². The smallest absolute Gasteiger partial charge is 0.252 e. The molecule has 4 heteroatoms. The first-order valence-corrected chi connectivity index (χ1v) is 6.19. The molecular formula is C12H24N2O2. The van der Waals surface area contributed by atoms with Crippen LogP contribution < -0.4 is 10.6 Å². The second kappa shape index (κ2) is 6.21. The number of hydrogen-bond donors (Lipinski definition) is 2. The topological polar surface area (TPSA) is 50.4 Å². The van der Waals surface area contributed by atoms with Crippen LogP contribution in [0.15, 0.2) is 0 Å². The molecule has 2 unspecified atom stereocenters. The van der Waals surface area contributed by atoms with Gasteiger partial charge in [0.25, 0.3) is 5.91 Å². The Morgan fingerprint density at radius 1 is 1.50 bits per heavy atom. The fraction of sp³-hybridized carbons (Fsp3) is 0.917. The van der Waals surface area contributed by atoms with E-state index < -0.39 is 5.60 Å². The molecule has 0 aliphatic carbocycles. The zero-order valence-electron chi connectivity index (χ0n) is 10.6. The molecule has 0 spiro atoms. The van der Waals surface area contributed by atoms with Gasteiger partial charge >= 0.3 is 0 Å². The Hall–Kier alpha value is -0.610. The van der Waals surface area contributed by atoms with Crippen molar-refractivity contribution < 1.29 is 9.53 Å². The molecule has 1 rings (SSSR count). The van der Waals surface area contributed by atoms with Gasteiger partial charge in [0.2, 0.25) is 0 Å².